The van der Waals surface area contributed by atoms with Gasteiger partial charge in [-0.3, -0.25) is 10.1 Å². The number of nitrogens with one attached hydrogen (secondary N) is 2. The summed E-state index contributed by atoms with van der Waals surface area (Å²) in [5.41, 5.74) is 1.23. The van der Waals surface area contributed by atoms with Crippen molar-refractivity contribution in [1.82, 2.24) is 15.6 Å². The first-order valence-corrected chi connectivity index (χ1v) is 8.54. The van der Waals surface area contributed by atoms with E-state index in [4.69, 9.17) is 0 Å². The topological polar surface area (TPSA) is 54.0 Å². The van der Waals surface area contributed by atoms with Crippen LogP contribution in [-0.4, -0.2) is 35.1 Å². The highest BCUT2D eigenvalue weighted by Crippen LogP contribution is 2.23. The van der Waals surface area contributed by atoms with E-state index in [1.54, 1.807) is 23.1 Å². The van der Waals surface area contributed by atoms with Gasteiger partial charge in [0, 0.05) is 35.4 Å². The molecule has 1 aromatic rings. The van der Waals surface area contributed by atoms with Crippen molar-refractivity contribution in [3.8, 4) is 0 Å². The molecule has 0 saturated carbocycles. The minimum absolute atomic E-state index is 0.0218. The van der Waals surface area contributed by atoms with E-state index in [1.807, 2.05) is 0 Å². The molecule has 1 aromatic heterocycles. The zero-order valence-electron chi connectivity index (χ0n) is 11.7. The zero-order valence-corrected chi connectivity index (χ0v) is 13.3. The van der Waals surface area contributed by atoms with Crippen LogP contribution in [0.2, 0.25) is 0 Å². The lowest BCUT2D eigenvalue weighted by Crippen LogP contribution is -2.42. The molecule has 4 nitrogen and oxygen atoms in total. The molecule has 2 heterocycles. The second kappa shape index (κ2) is 6.24. The van der Waals surface area contributed by atoms with Gasteiger partial charge in [-0.25, -0.2) is 4.98 Å². The Balaban J connectivity index is 1.76. The zero-order chi connectivity index (χ0) is 13.9. The summed E-state index contributed by atoms with van der Waals surface area (Å²) in [7, 11) is 0. The largest absolute Gasteiger partial charge is 0.354 e. The maximum atomic E-state index is 11.8. The van der Waals surface area contributed by atoms with E-state index in [9.17, 15) is 4.79 Å². The molecular formula is C13H21N3OS2. The van der Waals surface area contributed by atoms with E-state index in [0.717, 1.165) is 28.8 Å². The molecule has 6 heteroatoms. The molecule has 2 rings (SSSR count). The van der Waals surface area contributed by atoms with Crippen molar-refractivity contribution in [3.05, 3.63) is 16.1 Å². The highest BCUT2D eigenvalue weighted by molar-refractivity contribution is 7.99. The van der Waals surface area contributed by atoms with Gasteiger partial charge in [-0.05, 0) is 0 Å². The van der Waals surface area contributed by atoms with Crippen LogP contribution in [0.5, 0.6) is 0 Å². The lowest BCUT2D eigenvalue weighted by Gasteiger charge is -2.14. The Bertz CT molecular complexity index is 433. The van der Waals surface area contributed by atoms with Crippen LogP contribution in [0.3, 0.4) is 0 Å². The molecule has 19 heavy (non-hydrogen) atoms. The van der Waals surface area contributed by atoms with Gasteiger partial charge in [0.15, 0.2) is 0 Å². The van der Waals surface area contributed by atoms with Crippen molar-refractivity contribution in [2.75, 3.05) is 18.2 Å². The van der Waals surface area contributed by atoms with Crippen LogP contribution >= 0.6 is 23.1 Å². The molecule has 0 bridgehead atoms. The Hall–Kier alpha value is -0.590. The molecule has 1 aliphatic rings. The molecule has 1 amide bonds. The number of thiazole rings is 1. The minimum Gasteiger partial charge on any atom is -0.354 e. The molecule has 1 saturated heterocycles. The summed E-state index contributed by atoms with van der Waals surface area (Å²) in [6.45, 7) is 7.16. The molecule has 0 radical (unpaired) electrons. The molecule has 1 fully saturated rings. The van der Waals surface area contributed by atoms with Crippen molar-refractivity contribution < 1.29 is 4.79 Å². The number of carbonyl (C=O) groups is 1. The van der Waals surface area contributed by atoms with E-state index in [2.05, 4.69) is 41.8 Å². The molecular weight excluding hydrogens is 278 g/mol. The highest BCUT2D eigenvalue weighted by Gasteiger charge is 2.22. The van der Waals surface area contributed by atoms with Gasteiger partial charge in [0.2, 0.25) is 5.91 Å². The summed E-state index contributed by atoms with van der Waals surface area (Å²) >= 11 is 3.44. The third kappa shape index (κ3) is 4.19. The summed E-state index contributed by atoms with van der Waals surface area (Å²) in [5.74, 6) is 1.86. The van der Waals surface area contributed by atoms with E-state index < -0.39 is 0 Å². The van der Waals surface area contributed by atoms with Crippen LogP contribution in [0.25, 0.3) is 0 Å². The summed E-state index contributed by atoms with van der Waals surface area (Å²) < 4.78 is 0. The number of hydrogen-bond acceptors (Lipinski definition) is 5. The predicted molar refractivity (Wildman–Crippen MR) is 81.8 cm³/mol. The Kier molecular flexibility index (Phi) is 4.86. The monoisotopic (exact) mass is 299 g/mol. The standard InChI is InChI=1S/C13H21N3OS2/c1-13(2,3)10-7-19-11(16-10)4-5-14-12(17)9-6-18-8-15-9/h7,9,15H,4-6,8H2,1-3H3,(H,14,17). The average molecular weight is 299 g/mol. The summed E-state index contributed by atoms with van der Waals surface area (Å²) in [5, 5.41) is 9.35. The molecule has 1 aliphatic heterocycles. The number of nitrogens with zero attached hydrogens (tertiary/aromatic N) is 1. The van der Waals surface area contributed by atoms with Crippen LogP contribution in [0, 0.1) is 0 Å². The van der Waals surface area contributed by atoms with Crippen LogP contribution in [-0.2, 0) is 16.6 Å². The third-order valence-electron chi connectivity index (χ3n) is 2.99. The van der Waals surface area contributed by atoms with Crippen LogP contribution in [0.15, 0.2) is 5.38 Å². The predicted octanol–water partition coefficient (Wildman–Crippen LogP) is 1.76. The molecule has 0 aromatic carbocycles. The molecule has 2 N–H and O–H groups in total. The summed E-state index contributed by atoms with van der Waals surface area (Å²) in [4.78, 5) is 16.4. The first kappa shape index (κ1) is 14.8. The molecule has 1 atom stereocenters. The normalized spacial score (nSPS) is 19.6. The molecule has 1 unspecified atom stereocenters. The van der Waals surface area contributed by atoms with Gasteiger partial charge in [0.05, 0.1) is 16.7 Å². The van der Waals surface area contributed by atoms with E-state index in [1.165, 1.54) is 0 Å². The van der Waals surface area contributed by atoms with E-state index >= 15 is 0 Å². The number of aromatic nitrogens is 1. The second-order valence-electron chi connectivity index (χ2n) is 5.69. The quantitative estimate of drug-likeness (QED) is 0.889. The average Bonchev–Trinajstić information content (AvgIpc) is 2.99. The van der Waals surface area contributed by atoms with Gasteiger partial charge in [-0.2, -0.15) is 0 Å². The highest BCUT2D eigenvalue weighted by atomic mass is 32.2. The van der Waals surface area contributed by atoms with Gasteiger partial charge in [-0.1, -0.05) is 20.8 Å². The van der Waals surface area contributed by atoms with Crippen LogP contribution in [0.4, 0.5) is 0 Å². The Labute approximate surface area is 122 Å². The maximum Gasteiger partial charge on any atom is 0.238 e. The molecule has 0 aliphatic carbocycles. The van der Waals surface area contributed by atoms with Crippen LogP contribution < -0.4 is 10.6 Å². The van der Waals surface area contributed by atoms with Crippen molar-refractivity contribution in [3.63, 3.8) is 0 Å². The number of rotatable bonds is 4. The lowest BCUT2D eigenvalue weighted by molar-refractivity contribution is -0.122. The van der Waals surface area contributed by atoms with Gasteiger partial charge in [-0.15, -0.1) is 23.1 Å². The lowest BCUT2D eigenvalue weighted by atomic mass is 9.93. The number of amides is 1. The van der Waals surface area contributed by atoms with E-state index in [0.29, 0.717) is 6.54 Å². The second-order valence-corrected chi connectivity index (χ2v) is 7.66. The van der Waals surface area contributed by atoms with Gasteiger partial charge >= 0.3 is 0 Å². The third-order valence-corrected chi connectivity index (χ3v) is 4.84. The first-order valence-electron chi connectivity index (χ1n) is 6.50. The van der Waals surface area contributed by atoms with Gasteiger partial charge in [0.25, 0.3) is 0 Å². The Morgan fingerprint density at radius 2 is 2.37 bits per heavy atom. The minimum atomic E-state index is -0.0218. The summed E-state index contributed by atoms with van der Waals surface area (Å²) in [6, 6.07) is -0.0218. The Morgan fingerprint density at radius 1 is 1.58 bits per heavy atom. The van der Waals surface area contributed by atoms with Crippen molar-refractivity contribution >= 4 is 29.0 Å². The number of hydrogen-bond donors (Lipinski definition) is 2. The fourth-order valence-corrected chi connectivity index (χ4v) is 3.72. The SMILES string of the molecule is CC(C)(C)c1csc(CCNC(=O)C2CSCN2)n1. The number of carbonyl (C=O) groups excluding carboxylic acids is 1. The van der Waals surface area contributed by atoms with Gasteiger partial charge in [0.1, 0.15) is 0 Å². The van der Waals surface area contributed by atoms with Crippen molar-refractivity contribution in [1.29, 1.82) is 0 Å². The maximum absolute atomic E-state index is 11.8. The smallest absolute Gasteiger partial charge is 0.238 e. The Morgan fingerprint density at radius 3 is 2.95 bits per heavy atom. The number of thioether (sulfide) groups is 1. The van der Waals surface area contributed by atoms with Crippen molar-refractivity contribution in [2.24, 2.45) is 0 Å². The van der Waals surface area contributed by atoms with Crippen molar-refractivity contribution in [2.45, 2.75) is 38.6 Å². The van der Waals surface area contributed by atoms with Gasteiger partial charge < -0.3 is 5.32 Å². The fourth-order valence-electron chi connectivity index (χ4n) is 1.75. The molecule has 0 spiro atoms. The van der Waals surface area contributed by atoms with Crippen LogP contribution in [0.1, 0.15) is 31.5 Å². The molecule has 106 valence electrons. The fraction of sp³-hybridized carbons (Fsp3) is 0.692. The first-order chi connectivity index (χ1) is 8.97. The summed E-state index contributed by atoms with van der Waals surface area (Å²) in [6.07, 6.45) is 0.812. The van der Waals surface area contributed by atoms with E-state index in [-0.39, 0.29) is 17.4 Å².